The summed E-state index contributed by atoms with van der Waals surface area (Å²) in [5.41, 5.74) is 3.18. The summed E-state index contributed by atoms with van der Waals surface area (Å²) >= 11 is 7.33. The third-order valence-corrected chi connectivity index (χ3v) is 8.60. The Morgan fingerprint density at radius 2 is 1.89 bits per heavy atom. The van der Waals surface area contributed by atoms with Gasteiger partial charge in [0.1, 0.15) is 10.7 Å². The lowest BCUT2D eigenvalue weighted by molar-refractivity contribution is -0.113. The van der Waals surface area contributed by atoms with Gasteiger partial charge < -0.3 is 5.32 Å². The largest absolute Gasteiger partial charge is 0.325 e. The van der Waals surface area contributed by atoms with Crippen molar-refractivity contribution in [1.82, 2.24) is 9.97 Å². The van der Waals surface area contributed by atoms with Gasteiger partial charge in [0.15, 0.2) is 5.16 Å². The number of nitrogens with zero attached hydrogens (tertiary/aromatic N) is 3. The van der Waals surface area contributed by atoms with Crippen LogP contribution in [0.2, 0.25) is 5.02 Å². The van der Waals surface area contributed by atoms with Crippen LogP contribution in [0.5, 0.6) is 0 Å². The molecule has 3 aromatic carbocycles. The molecule has 0 fully saturated rings. The van der Waals surface area contributed by atoms with Crippen LogP contribution < -0.4 is 9.62 Å². The second-order valence-electron chi connectivity index (χ2n) is 8.32. The van der Waals surface area contributed by atoms with Gasteiger partial charge in [0.25, 0.3) is 10.0 Å². The van der Waals surface area contributed by atoms with Crippen LogP contribution in [0.25, 0.3) is 11.3 Å². The Kier molecular flexibility index (Phi) is 6.89. The highest BCUT2D eigenvalue weighted by Crippen LogP contribution is 2.44. The van der Waals surface area contributed by atoms with E-state index >= 15 is 0 Å². The molecule has 188 valence electrons. The summed E-state index contributed by atoms with van der Waals surface area (Å²) in [5, 5.41) is 3.41. The zero-order valence-corrected chi connectivity index (χ0v) is 21.9. The summed E-state index contributed by atoms with van der Waals surface area (Å²) in [6, 6.07) is 18.3. The molecule has 2 heterocycles. The number of hydrogen-bond acceptors (Lipinski definition) is 6. The molecule has 0 atom stereocenters. The van der Waals surface area contributed by atoms with Crippen molar-refractivity contribution in [3.8, 4) is 11.3 Å². The lowest BCUT2D eigenvalue weighted by Gasteiger charge is -2.31. The molecule has 1 amide bonds. The molecule has 1 aliphatic heterocycles. The summed E-state index contributed by atoms with van der Waals surface area (Å²) in [4.78, 5) is 21.2. The van der Waals surface area contributed by atoms with E-state index in [9.17, 15) is 17.6 Å². The van der Waals surface area contributed by atoms with E-state index in [0.29, 0.717) is 27.5 Å². The van der Waals surface area contributed by atoms with Crippen LogP contribution in [-0.4, -0.2) is 30.0 Å². The quantitative estimate of drug-likeness (QED) is 0.243. The molecule has 4 aromatic rings. The van der Waals surface area contributed by atoms with Crippen LogP contribution in [-0.2, 0) is 21.4 Å². The SMILES string of the molecule is Cc1cc(F)ccc1NC(=O)CSc1ncc2c(n1)-c1cc(Cl)ccc1N(Cc1ccccc1)S2(=O)=O. The molecule has 0 radical (unpaired) electrons. The van der Waals surface area contributed by atoms with Crippen molar-refractivity contribution < 1.29 is 17.6 Å². The van der Waals surface area contributed by atoms with Crippen molar-refractivity contribution in [3.05, 3.63) is 94.9 Å². The monoisotopic (exact) mass is 554 g/mol. The van der Waals surface area contributed by atoms with Crippen LogP contribution in [0.15, 0.2) is 83.0 Å². The minimum absolute atomic E-state index is 0.0229. The van der Waals surface area contributed by atoms with Crippen LogP contribution >= 0.6 is 23.4 Å². The van der Waals surface area contributed by atoms with Gasteiger partial charge in [-0.2, -0.15) is 0 Å². The Morgan fingerprint density at radius 3 is 2.65 bits per heavy atom. The molecule has 0 spiro atoms. The lowest BCUT2D eigenvalue weighted by Crippen LogP contribution is -2.34. The zero-order chi connectivity index (χ0) is 26.2. The topological polar surface area (TPSA) is 92.3 Å². The highest BCUT2D eigenvalue weighted by Gasteiger charge is 2.37. The van der Waals surface area contributed by atoms with Gasteiger partial charge in [-0.05, 0) is 54.4 Å². The van der Waals surface area contributed by atoms with Crippen LogP contribution in [0.1, 0.15) is 11.1 Å². The maximum absolute atomic E-state index is 13.6. The van der Waals surface area contributed by atoms with Crippen LogP contribution in [0, 0.1) is 12.7 Å². The molecule has 0 saturated heterocycles. The number of aryl methyl sites for hydroxylation is 1. The predicted molar refractivity (Wildman–Crippen MR) is 143 cm³/mol. The number of fused-ring (bicyclic) bond motifs is 3. The maximum atomic E-state index is 13.6. The van der Waals surface area contributed by atoms with Gasteiger partial charge in [-0.3, -0.25) is 9.10 Å². The average molecular weight is 555 g/mol. The van der Waals surface area contributed by atoms with Gasteiger partial charge in [-0.1, -0.05) is 53.7 Å². The first-order valence-electron chi connectivity index (χ1n) is 11.1. The zero-order valence-electron chi connectivity index (χ0n) is 19.5. The Balaban J connectivity index is 1.43. The van der Waals surface area contributed by atoms with E-state index < -0.39 is 10.0 Å². The molecule has 1 aliphatic rings. The number of carbonyl (C=O) groups is 1. The second-order valence-corrected chi connectivity index (χ2v) is 11.5. The fraction of sp³-hybridized carbons (Fsp3) is 0.115. The van der Waals surface area contributed by atoms with E-state index in [4.69, 9.17) is 11.6 Å². The van der Waals surface area contributed by atoms with Gasteiger partial charge in [-0.25, -0.2) is 22.8 Å². The summed E-state index contributed by atoms with van der Waals surface area (Å²) in [7, 11) is -3.96. The van der Waals surface area contributed by atoms with Crippen molar-refractivity contribution in [2.75, 3.05) is 15.4 Å². The van der Waals surface area contributed by atoms with E-state index in [1.807, 2.05) is 30.3 Å². The predicted octanol–water partition coefficient (Wildman–Crippen LogP) is 5.68. The first kappa shape index (κ1) is 25.2. The van der Waals surface area contributed by atoms with Crippen molar-refractivity contribution in [2.45, 2.75) is 23.5 Å². The summed E-state index contributed by atoms with van der Waals surface area (Å²) in [5.74, 6) is -0.735. The average Bonchev–Trinajstić information content (AvgIpc) is 2.88. The van der Waals surface area contributed by atoms with E-state index in [0.717, 1.165) is 17.3 Å². The lowest BCUT2D eigenvalue weighted by atomic mass is 10.1. The molecule has 0 aliphatic carbocycles. The van der Waals surface area contributed by atoms with E-state index in [1.54, 1.807) is 25.1 Å². The molecule has 1 aromatic heterocycles. The van der Waals surface area contributed by atoms with E-state index in [-0.39, 0.29) is 39.8 Å². The highest BCUT2D eigenvalue weighted by atomic mass is 35.5. The minimum Gasteiger partial charge on any atom is -0.325 e. The third kappa shape index (κ3) is 5.18. The molecule has 5 rings (SSSR count). The highest BCUT2D eigenvalue weighted by molar-refractivity contribution is 7.99. The molecule has 7 nitrogen and oxygen atoms in total. The molecule has 0 bridgehead atoms. The fourth-order valence-electron chi connectivity index (χ4n) is 3.97. The summed E-state index contributed by atoms with van der Waals surface area (Å²) in [6.07, 6.45) is 1.27. The molecule has 0 saturated carbocycles. The van der Waals surface area contributed by atoms with Gasteiger partial charge in [-0.15, -0.1) is 0 Å². The minimum atomic E-state index is -3.96. The van der Waals surface area contributed by atoms with E-state index in [2.05, 4.69) is 15.3 Å². The molecular formula is C26H20ClFN4O3S2. The van der Waals surface area contributed by atoms with Gasteiger partial charge in [0, 0.05) is 16.3 Å². The number of anilines is 2. The normalized spacial score (nSPS) is 13.5. The van der Waals surface area contributed by atoms with Gasteiger partial charge in [0.05, 0.1) is 29.9 Å². The number of sulfonamides is 1. The Bertz CT molecular complexity index is 1620. The Labute approximate surface area is 222 Å². The number of rotatable bonds is 6. The third-order valence-electron chi connectivity index (χ3n) is 5.75. The van der Waals surface area contributed by atoms with Crippen molar-refractivity contribution in [3.63, 3.8) is 0 Å². The van der Waals surface area contributed by atoms with Gasteiger partial charge in [0.2, 0.25) is 5.91 Å². The van der Waals surface area contributed by atoms with E-state index in [1.165, 1.54) is 28.7 Å². The first-order valence-corrected chi connectivity index (χ1v) is 13.9. The number of thioether (sulfide) groups is 1. The molecule has 0 unspecified atom stereocenters. The van der Waals surface area contributed by atoms with Crippen LogP contribution in [0.4, 0.5) is 15.8 Å². The Morgan fingerprint density at radius 1 is 1.11 bits per heavy atom. The number of aromatic nitrogens is 2. The number of nitrogens with one attached hydrogen (secondary N) is 1. The molecular weight excluding hydrogens is 535 g/mol. The first-order chi connectivity index (χ1) is 17.7. The molecule has 37 heavy (non-hydrogen) atoms. The van der Waals surface area contributed by atoms with Gasteiger partial charge >= 0.3 is 0 Å². The maximum Gasteiger partial charge on any atom is 0.268 e. The van der Waals surface area contributed by atoms with Crippen LogP contribution in [0.3, 0.4) is 0 Å². The number of carbonyl (C=O) groups excluding carboxylic acids is 1. The van der Waals surface area contributed by atoms with Crippen molar-refractivity contribution in [1.29, 1.82) is 0 Å². The standard InChI is InChI=1S/C26H20ClFN4O3S2/c1-16-11-19(28)8-9-21(16)30-24(33)15-36-26-29-13-23-25(31-26)20-12-18(27)7-10-22(20)32(37(23,34)35)14-17-5-3-2-4-6-17/h2-13H,14-15H2,1H3,(H,30,33). The Hall–Kier alpha value is -3.47. The molecule has 1 N–H and O–H groups in total. The second kappa shape index (κ2) is 10.1. The fourth-order valence-corrected chi connectivity index (χ4v) is 6.32. The number of amides is 1. The summed E-state index contributed by atoms with van der Waals surface area (Å²) < 4.78 is 41.9. The van der Waals surface area contributed by atoms with Crippen molar-refractivity contribution >= 4 is 50.7 Å². The molecule has 11 heteroatoms. The number of benzene rings is 3. The number of halogens is 2. The number of hydrogen-bond donors (Lipinski definition) is 1. The summed E-state index contributed by atoms with van der Waals surface area (Å²) in [6.45, 7) is 1.83. The van der Waals surface area contributed by atoms with Crippen molar-refractivity contribution in [2.24, 2.45) is 0 Å². The smallest absolute Gasteiger partial charge is 0.268 e.